The summed E-state index contributed by atoms with van der Waals surface area (Å²) in [5.41, 5.74) is 1.53. The molecule has 0 aromatic heterocycles. The van der Waals surface area contributed by atoms with Crippen molar-refractivity contribution in [1.82, 2.24) is 5.32 Å². The van der Waals surface area contributed by atoms with Crippen molar-refractivity contribution in [2.75, 3.05) is 10.6 Å². The molecule has 6 heteroatoms. The Bertz CT molecular complexity index is 596. The highest BCUT2D eigenvalue weighted by molar-refractivity contribution is 7.92. The molecular formula is C16H26N2O3S. The number of carbonyl (C=O) groups excluding carboxylic acids is 1. The monoisotopic (exact) mass is 326 g/mol. The van der Waals surface area contributed by atoms with Gasteiger partial charge in [-0.1, -0.05) is 31.0 Å². The van der Waals surface area contributed by atoms with Gasteiger partial charge in [0.2, 0.25) is 15.9 Å². The van der Waals surface area contributed by atoms with Gasteiger partial charge in [0.05, 0.1) is 11.9 Å². The summed E-state index contributed by atoms with van der Waals surface area (Å²) in [5.74, 6) is -0.285. The highest BCUT2D eigenvalue weighted by Gasteiger charge is 2.29. The smallest absolute Gasteiger partial charge is 0.243 e. The van der Waals surface area contributed by atoms with Gasteiger partial charge in [0.25, 0.3) is 0 Å². The molecule has 1 N–H and O–H groups in total. The van der Waals surface area contributed by atoms with Crippen LogP contribution in [0.2, 0.25) is 0 Å². The zero-order chi connectivity index (χ0) is 16.9. The maximum absolute atomic E-state index is 12.3. The average molecular weight is 326 g/mol. The summed E-state index contributed by atoms with van der Waals surface area (Å²) in [7, 11) is -3.55. The Kier molecular flexibility index (Phi) is 6.41. The lowest BCUT2D eigenvalue weighted by Crippen LogP contribution is -2.49. The van der Waals surface area contributed by atoms with Crippen LogP contribution >= 0.6 is 0 Å². The van der Waals surface area contributed by atoms with Gasteiger partial charge in [-0.05, 0) is 39.3 Å². The summed E-state index contributed by atoms with van der Waals surface area (Å²) in [6.45, 7) is 7.50. The molecule has 0 bridgehead atoms. The number of anilines is 1. The molecule has 0 fully saturated rings. The second-order valence-electron chi connectivity index (χ2n) is 5.77. The predicted molar refractivity (Wildman–Crippen MR) is 90.5 cm³/mol. The number of benzene rings is 1. The molecule has 0 saturated heterocycles. The lowest BCUT2D eigenvalue weighted by Gasteiger charge is -2.29. The first kappa shape index (κ1) is 18.5. The molecule has 2 atom stereocenters. The Morgan fingerprint density at radius 2 is 1.77 bits per heavy atom. The van der Waals surface area contributed by atoms with E-state index in [1.54, 1.807) is 19.1 Å². The first-order chi connectivity index (χ1) is 10.2. The first-order valence-electron chi connectivity index (χ1n) is 7.53. The summed E-state index contributed by atoms with van der Waals surface area (Å²) in [5, 5.41) is 2.87. The number of hydrogen-bond acceptors (Lipinski definition) is 3. The molecule has 0 heterocycles. The van der Waals surface area contributed by atoms with E-state index in [2.05, 4.69) is 5.32 Å². The SMILES string of the molecule is CCC[C@H](C)NC(=O)[C@H](C)N(c1ccc(C)cc1)S(C)(=O)=O. The maximum atomic E-state index is 12.3. The third kappa shape index (κ3) is 5.02. The van der Waals surface area contributed by atoms with Crippen LogP contribution in [0, 0.1) is 6.92 Å². The van der Waals surface area contributed by atoms with Gasteiger partial charge in [0, 0.05) is 6.04 Å². The van der Waals surface area contributed by atoms with Crippen LogP contribution in [0.4, 0.5) is 5.69 Å². The molecule has 0 aliphatic rings. The van der Waals surface area contributed by atoms with Gasteiger partial charge in [-0.25, -0.2) is 8.42 Å². The molecule has 0 saturated carbocycles. The van der Waals surface area contributed by atoms with E-state index in [0.29, 0.717) is 5.69 Å². The van der Waals surface area contributed by atoms with Crippen molar-refractivity contribution in [2.45, 2.75) is 52.6 Å². The largest absolute Gasteiger partial charge is 0.352 e. The summed E-state index contributed by atoms with van der Waals surface area (Å²) in [6, 6.07) is 6.33. The van der Waals surface area contributed by atoms with Crippen molar-refractivity contribution in [3.8, 4) is 0 Å². The molecule has 1 rings (SSSR count). The fourth-order valence-corrected chi connectivity index (χ4v) is 3.54. The number of nitrogens with zero attached hydrogens (tertiary/aromatic N) is 1. The maximum Gasteiger partial charge on any atom is 0.243 e. The Balaban J connectivity index is 3.02. The quantitative estimate of drug-likeness (QED) is 0.837. The van der Waals surface area contributed by atoms with Gasteiger partial charge in [-0.3, -0.25) is 9.10 Å². The van der Waals surface area contributed by atoms with Gasteiger partial charge < -0.3 is 5.32 Å². The molecule has 1 amide bonds. The molecule has 5 nitrogen and oxygen atoms in total. The lowest BCUT2D eigenvalue weighted by atomic mass is 10.1. The number of nitrogens with one attached hydrogen (secondary N) is 1. The lowest BCUT2D eigenvalue weighted by molar-refractivity contribution is -0.122. The first-order valence-corrected chi connectivity index (χ1v) is 9.38. The number of hydrogen-bond donors (Lipinski definition) is 1. The zero-order valence-corrected chi connectivity index (χ0v) is 14.8. The molecule has 0 aliphatic heterocycles. The van der Waals surface area contributed by atoms with E-state index in [4.69, 9.17) is 0 Å². The van der Waals surface area contributed by atoms with Crippen LogP contribution in [-0.2, 0) is 14.8 Å². The van der Waals surface area contributed by atoms with Crippen molar-refractivity contribution < 1.29 is 13.2 Å². The van der Waals surface area contributed by atoms with E-state index in [0.717, 1.165) is 24.7 Å². The number of sulfonamides is 1. The summed E-state index contributed by atoms with van der Waals surface area (Å²) < 4.78 is 25.4. The third-order valence-electron chi connectivity index (χ3n) is 3.49. The minimum atomic E-state index is -3.55. The van der Waals surface area contributed by atoms with Crippen LogP contribution in [-0.4, -0.2) is 32.7 Å². The highest BCUT2D eigenvalue weighted by Crippen LogP contribution is 2.21. The average Bonchev–Trinajstić information content (AvgIpc) is 2.39. The van der Waals surface area contributed by atoms with Crippen LogP contribution < -0.4 is 9.62 Å². The number of aryl methyl sites for hydroxylation is 1. The molecule has 0 aliphatic carbocycles. The Morgan fingerprint density at radius 3 is 2.23 bits per heavy atom. The summed E-state index contributed by atoms with van der Waals surface area (Å²) in [4.78, 5) is 12.3. The normalized spacial score (nSPS) is 14.2. The van der Waals surface area contributed by atoms with Crippen LogP contribution in [0.15, 0.2) is 24.3 Å². The summed E-state index contributed by atoms with van der Waals surface area (Å²) in [6.07, 6.45) is 2.94. The summed E-state index contributed by atoms with van der Waals surface area (Å²) >= 11 is 0. The second-order valence-corrected chi connectivity index (χ2v) is 7.63. The fraction of sp³-hybridized carbons (Fsp3) is 0.562. The van der Waals surface area contributed by atoms with Crippen LogP contribution in [0.25, 0.3) is 0 Å². The van der Waals surface area contributed by atoms with E-state index in [9.17, 15) is 13.2 Å². The topological polar surface area (TPSA) is 66.5 Å². The van der Waals surface area contributed by atoms with Crippen molar-refractivity contribution in [2.24, 2.45) is 0 Å². The van der Waals surface area contributed by atoms with E-state index < -0.39 is 16.1 Å². The van der Waals surface area contributed by atoms with Crippen LogP contribution in [0.3, 0.4) is 0 Å². The van der Waals surface area contributed by atoms with E-state index in [1.807, 2.05) is 32.9 Å². The minimum absolute atomic E-state index is 0.0272. The van der Waals surface area contributed by atoms with Crippen molar-refractivity contribution in [3.05, 3.63) is 29.8 Å². The fourth-order valence-electron chi connectivity index (χ4n) is 2.37. The number of rotatable bonds is 7. The van der Waals surface area contributed by atoms with Crippen molar-refractivity contribution in [1.29, 1.82) is 0 Å². The van der Waals surface area contributed by atoms with E-state index in [-0.39, 0.29) is 11.9 Å². The van der Waals surface area contributed by atoms with Crippen molar-refractivity contribution >= 4 is 21.6 Å². The van der Waals surface area contributed by atoms with Crippen molar-refractivity contribution in [3.63, 3.8) is 0 Å². The van der Waals surface area contributed by atoms with Crippen LogP contribution in [0.5, 0.6) is 0 Å². The highest BCUT2D eigenvalue weighted by atomic mass is 32.2. The van der Waals surface area contributed by atoms with Gasteiger partial charge in [-0.15, -0.1) is 0 Å². The van der Waals surface area contributed by atoms with Gasteiger partial charge in [0.1, 0.15) is 6.04 Å². The molecule has 0 unspecified atom stereocenters. The molecule has 124 valence electrons. The molecule has 1 aromatic carbocycles. The standard InChI is InChI=1S/C16H26N2O3S/c1-6-7-13(3)17-16(19)14(4)18(22(5,20)21)15-10-8-12(2)9-11-15/h8-11,13-14H,6-7H2,1-5H3,(H,17,19)/t13-,14-/m0/s1. The Labute approximate surface area is 133 Å². The minimum Gasteiger partial charge on any atom is -0.352 e. The van der Waals surface area contributed by atoms with E-state index >= 15 is 0 Å². The Hall–Kier alpha value is -1.56. The molecule has 0 spiro atoms. The van der Waals surface area contributed by atoms with Gasteiger partial charge in [0.15, 0.2) is 0 Å². The van der Waals surface area contributed by atoms with Gasteiger partial charge >= 0.3 is 0 Å². The number of carbonyl (C=O) groups is 1. The van der Waals surface area contributed by atoms with Gasteiger partial charge in [-0.2, -0.15) is 0 Å². The molecule has 1 aromatic rings. The zero-order valence-electron chi connectivity index (χ0n) is 14.0. The molecule has 0 radical (unpaired) electrons. The third-order valence-corrected chi connectivity index (χ3v) is 4.73. The van der Waals surface area contributed by atoms with E-state index in [1.165, 1.54) is 4.31 Å². The predicted octanol–water partition coefficient (Wildman–Crippen LogP) is 2.45. The Morgan fingerprint density at radius 1 is 1.23 bits per heavy atom. The number of amides is 1. The van der Waals surface area contributed by atoms with Crippen LogP contribution in [0.1, 0.15) is 39.2 Å². The molecule has 22 heavy (non-hydrogen) atoms. The molecular weight excluding hydrogens is 300 g/mol. The second kappa shape index (κ2) is 7.63.